The lowest BCUT2D eigenvalue weighted by molar-refractivity contribution is 0.600. The minimum absolute atomic E-state index is 0.172. The van der Waals surface area contributed by atoms with Gasteiger partial charge in [0.2, 0.25) is 0 Å². The van der Waals surface area contributed by atoms with Crippen molar-refractivity contribution in [1.29, 1.82) is 0 Å². The third-order valence-electron chi connectivity index (χ3n) is 3.07. The highest BCUT2D eigenvalue weighted by atomic mass is 32.2. The Morgan fingerprint density at radius 3 is 2.81 bits per heavy atom. The molecule has 3 aromatic rings. The maximum atomic E-state index is 12.5. The van der Waals surface area contributed by atoms with Gasteiger partial charge in [0, 0.05) is 6.54 Å². The Kier molecular flexibility index (Phi) is 3.62. The summed E-state index contributed by atoms with van der Waals surface area (Å²) in [5.74, 6) is 0. The summed E-state index contributed by atoms with van der Waals surface area (Å²) in [6.07, 6.45) is 0. The maximum absolute atomic E-state index is 12.5. The molecular formula is C14H13N3O2S2. The van der Waals surface area contributed by atoms with Crippen molar-refractivity contribution in [2.24, 2.45) is 5.73 Å². The summed E-state index contributed by atoms with van der Waals surface area (Å²) in [5, 5.41) is 0. The smallest absolute Gasteiger partial charge is 0.262 e. The van der Waals surface area contributed by atoms with Crippen molar-refractivity contribution in [3.8, 4) is 0 Å². The quantitative estimate of drug-likeness (QED) is 0.774. The molecule has 0 amide bonds. The average molecular weight is 319 g/mol. The molecule has 21 heavy (non-hydrogen) atoms. The number of fused-ring (bicyclic) bond motifs is 1. The normalized spacial score (nSPS) is 11.7. The van der Waals surface area contributed by atoms with Crippen LogP contribution in [0.5, 0.6) is 0 Å². The largest absolute Gasteiger partial charge is 0.326 e. The van der Waals surface area contributed by atoms with Gasteiger partial charge in [-0.3, -0.25) is 4.72 Å². The van der Waals surface area contributed by atoms with E-state index in [0.717, 1.165) is 10.2 Å². The van der Waals surface area contributed by atoms with Crippen molar-refractivity contribution in [1.82, 2.24) is 4.98 Å². The molecule has 5 nitrogen and oxygen atoms in total. The summed E-state index contributed by atoms with van der Waals surface area (Å²) < 4.78 is 28.5. The summed E-state index contributed by atoms with van der Waals surface area (Å²) in [4.78, 5) is 4.37. The van der Waals surface area contributed by atoms with E-state index in [-0.39, 0.29) is 11.4 Å². The first-order valence-electron chi connectivity index (χ1n) is 6.24. The van der Waals surface area contributed by atoms with Crippen LogP contribution in [0, 0.1) is 0 Å². The van der Waals surface area contributed by atoms with Gasteiger partial charge in [-0.25, -0.2) is 13.4 Å². The SMILES string of the molecule is NCc1ccccc1S(=O)(=O)Nc1ccc2ncsc2c1. The topological polar surface area (TPSA) is 85.1 Å². The molecule has 0 aliphatic carbocycles. The predicted octanol–water partition coefficient (Wildman–Crippen LogP) is 2.56. The molecule has 0 spiro atoms. The monoisotopic (exact) mass is 319 g/mol. The third kappa shape index (κ3) is 2.76. The van der Waals surface area contributed by atoms with E-state index in [1.165, 1.54) is 11.3 Å². The van der Waals surface area contributed by atoms with Gasteiger partial charge in [-0.1, -0.05) is 18.2 Å². The number of thiazole rings is 1. The number of nitrogens with one attached hydrogen (secondary N) is 1. The number of benzene rings is 2. The molecule has 0 aliphatic rings. The Balaban J connectivity index is 1.98. The van der Waals surface area contributed by atoms with Crippen molar-refractivity contribution in [2.45, 2.75) is 11.4 Å². The Morgan fingerprint density at radius 1 is 1.19 bits per heavy atom. The summed E-state index contributed by atoms with van der Waals surface area (Å²) in [5.41, 5.74) is 9.28. The van der Waals surface area contributed by atoms with Gasteiger partial charge in [-0.15, -0.1) is 11.3 Å². The van der Waals surface area contributed by atoms with Crippen LogP contribution in [-0.4, -0.2) is 13.4 Å². The lowest BCUT2D eigenvalue weighted by atomic mass is 10.2. The summed E-state index contributed by atoms with van der Waals surface area (Å²) in [6.45, 7) is 0.172. The number of nitrogens with zero attached hydrogens (tertiary/aromatic N) is 1. The van der Waals surface area contributed by atoms with E-state index in [1.54, 1.807) is 48.0 Å². The summed E-state index contributed by atoms with van der Waals surface area (Å²) >= 11 is 1.47. The van der Waals surface area contributed by atoms with Gasteiger partial charge >= 0.3 is 0 Å². The van der Waals surface area contributed by atoms with Crippen molar-refractivity contribution in [3.05, 3.63) is 53.5 Å². The van der Waals surface area contributed by atoms with Gasteiger partial charge in [0.1, 0.15) is 0 Å². The second-order valence-electron chi connectivity index (χ2n) is 4.45. The number of rotatable bonds is 4. The molecule has 1 aromatic heterocycles. The first-order chi connectivity index (χ1) is 10.1. The molecule has 0 fully saturated rings. The van der Waals surface area contributed by atoms with Crippen LogP contribution in [0.1, 0.15) is 5.56 Å². The number of hydrogen-bond acceptors (Lipinski definition) is 5. The fourth-order valence-corrected chi connectivity index (χ4v) is 4.08. The molecule has 3 N–H and O–H groups in total. The van der Waals surface area contributed by atoms with Gasteiger partial charge in [-0.05, 0) is 29.8 Å². The molecule has 108 valence electrons. The molecular weight excluding hydrogens is 306 g/mol. The van der Waals surface area contributed by atoms with Crippen LogP contribution in [0.2, 0.25) is 0 Å². The van der Waals surface area contributed by atoms with Crippen molar-refractivity contribution in [2.75, 3.05) is 4.72 Å². The van der Waals surface area contributed by atoms with E-state index in [0.29, 0.717) is 11.3 Å². The van der Waals surface area contributed by atoms with E-state index in [9.17, 15) is 8.42 Å². The molecule has 0 saturated carbocycles. The maximum Gasteiger partial charge on any atom is 0.262 e. The van der Waals surface area contributed by atoms with Gasteiger partial charge in [-0.2, -0.15) is 0 Å². The standard InChI is InChI=1S/C14H13N3O2S2/c15-8-10-3-1-2-4-14(10)21(18,19)17-11-5-6-12-13(7-11)20-9-16-12/h1-7,9,17H,8,15H2. The van der Waals surface area contributed by atoms with E-state index >= 15 is 0 Å². The number of anilines is 1. The Hall–Kier alpha value is -1.96. The second kappa shape index (κ2) is 5.44. The van der Waals surface area contributed by atoms with E-state index in [1.807, 2.05) is 0 Å². The molecule has 2 aromatic carbocycles. The molecule has 0 unspecified atom stereocenters. The first-order valence-corrected chi connectivity index (χ1v) is 8.60. The molecule has 0 saturated heterocycles. The van der Waals surface area contributed by atoms with Crippen molar-refractivity contribution in [3.63, 3.8) is 0 Å². The molecule has 0 atom stereocenters. The first kappa shape index (κ1) is 14.0. The van der Waals surface area contributed by atoms with E-state index < -0.39 is 10.0 Å². The molecule has 0 aliphatic heterocycles. The molecule has 7 heteroatoms. The fraction of sp³-hybridized carbons (Fsp3) is 0.0714. The molecule has 1 heterocycles. The van der Waals surface area contributed by atoms with Crippen LogP contribution in [-0.2, 0) is 16.6 Å². The molecule has 0 bridgehead atoms. The second-order valence-corrected chi connectivity index (χ2v) is 6.99. The molecule has 0 radical (unpaired) electrons. The van der Waals surface area contributed by atoms with Gasteiger partial charge in [0.05, 0.1) is 26.3 Å². The minimum atomic E-state index is -3.65. The van der Waals surface area contributed by atoms with Gasteiger partial charge < -0.3 is 5.73 Å². The van der Waals surface area contributed by atoms with E-state index in [2.05, 4.69) is 9.71 Å². The highest BCUT2D eigenvalue weighted by Crippen LogP contribution is 2.24. The highest BCUT2D eigenvalue weighted by molar-refractivity contribution is 7.92. The predicted molar refractivity (Wildman–Crippen MR) is 84.8 cm³/mol. The number of hydrogen-bond donors (Lipinski definition) is 2. The third-order valence-corrected chi connectivity index (χ3v) is 5.34. The van der Waals surface area contributed by atoms with Crippen LogP contribution in [0.25, 0.3) is 10.2 Å². The highest BCUT2D eigenvalue weighted by Gasteiger charge is 2.17. The number of aromatic nitrogens is 1. The van der Waals surface area contributed by atoms with Crippen molar-refractivity contribution < 1.29 is 8.42 Å². The average Bonchev–Trinajstić information content (AvgIpc) is 2.94. The zero-order valence-electron chi connectivity index (χ0n) is 11.0. The summed E-state index contributed by atoms with van der Waals surface area (Å²) in [7, 11) is -3.65. The van der Waals surface area contributed by atoms with Crippen LogP contribution in [0.15, 0.2) is 52.9 Å². The Morgan fingerprint density at radius 2 is 2.00 bits per heavy atom. The minimum Gasteiger partial charge on any atom is -0.326 e. The van der Waals surface area contributed by atoms with Crippen LogP contribution < -0.4 is 10.5 Å². The zero-order valence-corrected chi connectivity index (χ0v) is 12.6. The summed E-state index contributed by atoms with van der Waals surface area (Å²) in [6, 6.07) is 12.0. The van der Waals surface area contributed by atoms with Crippen LogP contribution in [0.4, 0.5) is 5.69 Å². The lowest BCUT2D eigenvalue weighted by Gasteiger charge is -2.11. The zero-order chi connectivity index (χ0) is 14.9. The van der Waals surface area contributed by atoms with Crippen molar-refractivity contribution >= 4 is 37.3 Å². The van der Waals surface area contributed by atoms with Gasteiger partial charge in [0.15, 0.2) is 0 Å². The Labute approximate surface area is 126 Å². The van der Waals surface area contributed by atoms with Gasteiger partial charge in [0.25, 0.3) is 10.0 Å². The number of nitrogens with two attached hydrogens (primary N) is 1. The van der Waals surface area contributed by atoms with Crippen LogP contribution in [0.3, 0.4) is 0 Å². The van der Waals surface area contributed by atoms with E-state index in [4.69, 9.17) is 5.73 Å². The lowest BCUT2D eigenvalue weighted by Crippen LogP contribution is -2.16. The number of sulfonamides is 1. The molecule has 3 rings (SSSR count). The van der Waals surface area contributed by atoms with Crippen LogP contribution >= 0.6 is 11.3 Å². The fourth-order valence-electron chi connectivity index (χ4n) is 2.06. The Bertz CT molecular complexity index is 888.